The third-order valence-corrected chi connectivity index (χ3v) is 17.1. The Labute approximate surface area is 446 Å². The second-order valence-corrected chi connectivity index (χ2v) is 21.0. The van der Waals surface area contributed by atoms with Crippen molar-refractivity contribution in [1.29, 1.82) is 0 Å². The Kier molecular flexibility index (Phi) is 10.3. The molecule has 12 aromatic carbocycles. The van der Waals surface area contributed by atoms with Gasteiger partial charge in [0.1, 0.15) is 0 Å². The summed E-state index contributed by atoms with van der Waals surface area (Å²) in [5, 5.41) is 5.16. The highest BCUT2D eigenvalue weighted by Gasteiger charge is 2.47. The molecule has 1 aliphatic carbocycles. The summed E-state index contributed by atoms with van der Waals surface area (Å²) in [5.74, 6) is 0. The number of hydrogen-bond donors (Lipinski definition) is 0. The Morgan fingerprint density at radius 1 is 0.329 bits per heavy atom. The van der Waals surface area contributed by atoms with E-state index in [1.54, 1.807) is 0 Å². The minimum absolute atomic E-state index is 0.527. The maximum absolute atomic E-state index is 2.47. The van der Waals surface area contributed by atoms with Crippen molar-refractivity contribution >= 4 is 70.4 Å². The van der Waals surface area contributed by atoms with Crippen LogP contribution in [0.25, 0.3) is 92.2 Å². The van der Waals surface area contributed by atoms with Crippen molar-refractivity contribution in [2.45, 2.75) is 5.41 Å². The molecule has 0 N–H and O–H groups in total. The van der Waals surface area contributed by atoms with Gasteiger partial charge in [-0.2, -0.15) is 0 Å². The third kappa shape index (κ3) is 6.86. The molecule has 0 amide bonds. The van der Waals surface area contributed by atoms with E-state index in [9.17, 15) is 0 Å². The molecule has 0 aliphatic heterocycles. The Hall–Kier alpha value is -9.54. The summed E-state index contributed by atoms with van der Waals surface area (Å²) in [5.41, 5.74) is 21.1. The summed E-state index contributed by atoms with van der Waals surface area (Å²) >= 11 is 1.88. The lowest BCUT2D eigenvalue weighted by Gasteiger charge is -2.34. The second kappa shape index (κ2) is 17.8. The molecule has 0 radical (unpaired) electrons. The zero-order chi connectivity index (χ0) is 50.2. The first kappa shape index (κ1) is 44.0. The highest BCUT2D eigenvalue weighted by molar-refractivity contribution is 7.26. The zero-order valence-corrected chi connectivity index (χ0v) is 42.3. The minimum Gasteiger partial charge on any atom is -0.310 e. The van der Waals surface area contributed by atoms with Gasteiger partial charge in [-0.3, -0.25) is 0 Å². The lowest BCUT2D eigenvalue weighted by molar-refractivity contribution is 0.768. The van der Waals surface area contributed by atoms with Crippen LogP contribution < -0.4 is 4.90 Å². The van der Waals surface area contributed by atoms with Crippen molar-refractivity contribution in [1.82, 2.24) is 4.57 Å². The van der Waals surface area contributed by atoms with Crippen LogP contribution in [-0.2, 0) is 5.41 Å². The molecule has 356 valence electrons. The molecular weight excluding hydrogens is 937 g/mol. The first-order chi connectivity index (χ1) is 37.7. The molecule has 76 heavy (non-hydrogen) atoms. The van der Waals surface area contributed by atoms with E-state index in [1.165, 1.54) is 103 Å². The number of fused-ring (bicyclic) bond motifs is 9. The fourth-order valence-electron chi connectivity index (χ4n) is 12.5. The van der Waals surface area contributed by atoms with Crippen LogP contribution in [-0.4, -0.2) is 4.57 Å². The van der Waals surface area contributed by atoms with Gasteiger partial charge < -0.3 is 9.47 Å². The summed E-state index contributed by atoms with van der Waals surface area (Å²) in [4.78, 5) is 2.47. The average molecular weight is 985 g/mol. The van der Waals surface area contributed by atoms with Gasteiger partial charge in [0.05, 0.1) is 22.1 Å². The van der Waals surface area contributed by atoms with Crippen LogP contribution in [0.3, 0.4) is 0 Å². The van der Waals surface area contributed by atoms with Crippen molar-refractivity contribution in [2.75, 3.05) is 4.90 Å². The predicted octanol–water partition coefficient (Wildman–Crippen LogP) is 20.0. The van der Waals surface area contributed by atoms with Gasteiger partial charge in [-0.15, -0.1) is 11.3 Å². The number of rotatable bonds is 9. The first-order valence-electron chi connectivity index (χ1n) is 26.2. The molecule has 3 heteroatoms. The number of para-hydroxylation sites is 2. The van der Waals surface area contributed by atoms with Gasteiger partial charge in [-0.25, -0.2) is 0 Å². The summed E-state index contributed by atoms with van der Waals surface area (Å²) in [6.07, 6.45) is 0. The van der Waals surface area contributed by atoms with Crippen LogP contribution in [0.1, 0.15) is 22.3 Å². The molecule has 0 atom stereocenters. The molecule has 2 nitrogen and oxygen atoms in total. The molecule has 0 unspecified atom stereocenters. The van der Waals surface area contributed by atoms with Crippen LogP contribution >= 0.6 is 11.3 Å². The van der Waals surface area contributed by atoms with E-state index in [-0.39, 0.29) is 0 Å². The van der Waals surface area contributed by atoms with Gasteiger partial charge in [-0.05, 0) is 128 Å². The standard InChI is InChI=1S/C73H48N2S/c1-3-20-54(21-4-1)73(55-22-5-2-6-23-55)65-30-11-7-27-64(65)71-66(73)31-17-34-69(71)74(56-42-36-49(37-43-56)50-38-46-58(47-39-50)75-67-32-12-8-24-60(67)61-25-9-13-33-68(61)75)57-44-40-51(41-45-57)52-18-15-19-53(48-52)59-28-16-29-63-62-26-10-14-35-70(62)76-72(59)63/h1-48H. The molecule has 0 fully saturated rings. The topological polar surface area (TPSA) is 8.17 Å². The lowest BCUT2D eigenvalue weighted by atomic mass is 9.68. The van der Waals surface area contributed by atoms with E-state index in [0.717, 1.165) is 28.3 Å². The number of aromatic nitrogens is 1. The van der Waals surface area contributed by atoms with Gasteiger partial charge in [0.25, 0.3) is 0 Å². The fraction of sp³-hybridized carbons (Fsp3) is 0.0137. The molecule has 2 aromatic heterocycles. The van der Waals surface area contributed by atoms with E-state index in [1.807, 2.05) is 11.3 Å². The summed E-state index contributed by atoms with van der Waals surface area (Å²) in [6, 6.07) is 107. The Morgan fingerprint density at radius 3 is 1.49 bits per heavy atom. The Balaban J connectivity index is 0.859. The van der Waals surface area contributed by atoms with E-state index >= 15 is 0 Å². The number of nitrogens with zero attached hydrogens (tertiary/aromatic N) is 2. The van der Waals surface area contributed by atoms with Gasteiger partial charge in [0.15, 0.2) is 0 Å². The van der Waals surface area contributed by atoms with Crippen LogP contribution in [0.4, 0.5) is 17.1 Å². The smallest absolute Gasteiger partial charge is 0.0714 e. The summed E-state index contributed by atoms with van der Waals surface area (Å²) in [7, 11) is 0. The van der Waals surface area contributed by atoms with Crippen molar-refractivity contribution < 1.29 is 0 Å². The first-order valence-corrected chi connectivity index (χ1v) is 27.0. The molecule has 0 saturated heterocycles. The number of thiophene rings is 1. The zero-order valence-electron chi connectivity index (χ0n) is 41.5. The number of hydrogen-bond acceptors (Lipinski definition) is 2. The minimum atomic E-state index is -0.527. The quantitative estimate of drug-likeness (QED) is 0.140. The molecule has 0 bridgehead atoms. The average Bonchev–Trinajstić information content (AvgIpc) is 4.20. The van der Waals surface area contributed by atoms with Crippen molar-refractivity contribution in [3.05, 3.63) is 313 Å². The monoisotopic (exact) mass is 984 g/mol. The highest BCUT2D eigenvalue weighted by Crippen LogP contribution is 2.59. The van der Waals surface area contributed by atoms with Crippen LogP contribution in [0.15, 0.2) is 291 Å². The van der Waals surface area contributed by atoms with Crippen molar-refractivity contribution in [3.8, 4) is 50.2 Å². The third-order valence-electron chi connectivity index (χ3n) is 15.9. The maximum atomic E-state index is 2.47. The van der Waals surface area contributed by atoms with Crippen LogP contribution in [0, 0.1) is 0 Å². The van der Waals surface area contributed by atoms with E-state index in [2.05, 4.69) is 301 Å². The molecule has 2 heterocycles. The largest absolute Gasteiger partial charge is 0.310 e. The summed E-state index contributed by atoms with van der Waals surface area (Å²) in [6.45, 7) is 0. The number of anilines is 3. The Morgan fingerprint density at radius 2 is 0.816 bits per heavy atom. The lowest BCUT2D eigenvalue weighted by Crippen LogP contribution is -2.28. The van der Waals surface area contributed by atoms with E-state index < -0.39 is 5.41 Å². The number of benzene rings is 12. The second-order valence-electron chi connectivity index (χ2n) is 19.9. The fourth-order valence-corrected chi connectivity index (χ4v) is 13.8. The highest BCUT2D eigenvalue weighted by atomic mass is 32.1. The normalized spacial score (nSPS) is 12.6. The predicted molar refractivity (Wildman–Crippen MR) is 322 cm³/mol. The summed E-state index contributed by atoms with van der Waals surface area (Å²) < 4.78 is 5.03. The van der Waals surface area contributed by atoms with Crippen molar-refractivity contribution in [2.24, 2.45) is 0 Å². The van der Waals surface area contributed by atoms with Gasteiger partial charge >= 0.3 is 0 Å². The maximum Gasteiger partial charge on any atom is 0.0714 e. The molecule has 0 spiro atoms. The van der Waals surface area contributed by atoms with Gasteiger partial charge in [0.2, 0.25) is 0 Å². The molecular formula is C73H48N2S. The van der Waals surface area contributed by atoms with Crippen molar-refractivity contribution in [3.63, 3.8) is 0 Å². The SMILES string of the molecule is c1ccc(C2(c3ccccc3)c3ccccc3-c3c(N(c4ccc(-c5ccc(-n6c7ccccc7c7ccccc76)cc5)cc4)c4ccc(-c5cccc(-c6cccc7c6sc6ccccc67)c5)cc4)cccc32)cc1. The Bertz CT molecular complexity index is 4400. The molecule has 0 saturated carbocycles. The molecule has 14 aromatic rings. The molecule has 15 rings (SSSR count). The van der Waals surface area contributed by atoms with E-state index in [0.29, 0.717) is 0 Å². The van der Waals surface area contributed by atoms with E-state index in [4.69, 9.17) is 0 Å². The van der Waals surface area contributed by atoms with Gasteiger partial charge in [-0.1, -0.05) is 224 Å². The van der Waals surface area contributed by atoms with Gasteiger partial charge in [0, 0.05) is 53.6 Å². The van der Waals surface area contributed by atoms with Crippen LogP contribution in [0.2, 0.25) is 0 Å². The molecule has 1 aliphatic rings. The van der Waals surface area contributed by atoms with Crippen LogP contribution in [0.5, 0.6) is 0 Å².